The number of fused-ring (bicyclic) bond motifs is 1. The summed E-state index contributed by atoms with van der Waals surface area (Å²) in [6, 6.07) is 12.6. The highest BCUT2D eigenvalue weighted by Gasteiger charge is 2.22. The van der Waals surface area contributed by atoms with Crippen LogP contribution < -0.4 is 10.6 Å². The minimum Gasteiger partial charge on any atom is -0.505 e. The molecule has 35 heavy (non-hydrogen) atoms. The first-order valence-electron chi connectivity index (χ1n) is 10.3. The number of carbonyl (C=O) groups is 1. The van der Waals surface area contributed by atoms with Gasteiger partial charge in [-0.25, -0.2) is 23.2 Å². The summed E-state index contributed by atoms with van der Waals surface area (Å²) < 4.78 is 35.5. The minimum absolute atomic E-state index is 0.0194. The summed E-state index contributed by atoms with van der Waals surface area (Å²) in [5, 5.41) is 14.8. The molecule has 4 aromatic rings. The lowest BCUT2D eigenvalue weighted by atomic mass is 10.1. The Morgan fingerprint density at radius 1 is 1.20 bits per heavy atom. The van der Waals surface area contributed by atoms with Crippen molar-refractivity contribution in [2.45, 2.75) is 6.54 Å². The van der Waals surface area contributed by atoms with Crippen molar-refractivity contribution >= 4 is 39.5 Å². The molecule has 0 saturated heterocycles. The maximum Gasteiger partial charge on any atom is 0.254 e. The van der Waals surface area contributed by atoms with Crippen molar-refractivity contribution in [1.29, 1.82) is 0 Å². The van der Waals surface area contributed by atoms with Crippen LogP contribution in [0.4, 0.5) is 15.9 Å². The third kappa shape index (κ3) is 5.03. The average molecular weight is 497 g/mol. The van der Waals surface area contributed by atoms with Gasteiger partial charge in [-0.15, -0.1) is 0 Å². The quantitative estimate of drug-likeness (QED) is 0.249. The number of hydrogen-bond donors (Lipinski definition) is 3. The van der Waals surface area contributed by atoms with E-state index in [0.717, 1.165) is 6.07 Å². The Kier molecular flexibility index (Phi) is 6.85. The standard InChI is InChI=1S/C23H21FN6O4S/c1-14(12-35(33)34)23(32)29(16-5-3-2-4-6-16)9-10-30-22-19(21(25)26-13-27-22)20(28-30)15-7-8-17(24)18(31)11-15/h2-8,11,13,31H,1,9-10,12H2,(H,33,34)(H2,25,26,27). The van der Waals surface area contributed by atoms with Gasteiger partial charge in [0, 0.05) is 23.4 Å². The van der Waals surface area contributed by atoms with Crippen molar-refractivity contribution in [2.24, 2.45) is 0 Å². The molecule has 0 aliphatic heterocycles. The fraction of sp³-hybridized carbons (Fsp3) is 0.130. The molecule has 0 fully saturated rings. The Balaban J connectivity index is 1.71. The van der Waals surface area contributed by atoms with Crippen LogP contribution in [0.5, 0.6) is 5.75 Å². The van der Waals surface area contributed by atoms with Crippen molar-refractivity contribution in [3.05, 3.63) is 72.8 Å². The first-order chi connectivity index (χ1) is 16.8. The predicted molar refractivity (Wildman–Crippen MR) is 130 cm³/mol. The van der Waals surface area contributed by atoms with E-state index < -0.39 is 28.6 Å². The molecule has 1 atom stereocenters. The smallest absolute Gasteiger partial charge is 0.254 e. The summed E-state index contributed by atoms with van der Waals surface area (Å²) in [5.74, 6) is -2.05. The van der Waals surface area contributed by atoms with Gasteiger partial charge in [0.05, 0.1) is 17.7 Å². The summed E-state index contributed by atoms with van der Waals surface area (Å²) in [6.07, 6.45) is 1.28. The van der Waals surface area contributed by atoms with Crippen LogP contribution in [0.25, 0.3) is 22.3 Å². The van der Waals surface area contributed by atoms with Crippen molar-refractivity contribution in [2.75, 3.05) is 22.9 Å². The van der Waals surface area contributed by atoms with E-state index in [1.807, 2.05) is 0 Å². The van der Waals surface area contributed by atoms with Crippen LogP contribution in [-0.4, -0.2) is 51.8 Å². The molecule has 1 unspecified atom stereocenters. The van der Waals surface area contributed by atoms with Gasteiger partial charge in [-0.05, 0) is 30.3 Å². The van der Waals surface area contributed by atoms with E-state index in [1.165, 1.54) is 28.0 Å². The topological polar surface area (TPSA) is 147 Å². The summed E-state index contributed by atoms with van der Waals surface area (Å²) >= 11 is -2.21. The van der Waals surface area contributed by atoms with Gasteiger partial charge < -0.3 is 20.3 Å². The lowest BCUT2D eigenvalue weighted by molar-refractivity contribution is -0.115. The van der Waals surface area contributed by atoms with Crippen LogP contribution in [0.2, 0.25) is 0 Å². The fourth-order valence-electron chi connectivity index (χ4n) is 3.60. The third-order valence-electron chi connectivity index (χ3n) is 5.23. The lowest BCUT2D eigenvalue weighted by Crippen LogP contribution is -2.36. The Labute approximate surface area is 201 Å². The number of nitrogens with zero attached hydrogens (tertiary/aromatic N) is 5. The molecule has 0 saturated carbocycles. The summed E-state index contributed by atoms with van der Waals surface area (Å²) in [6.45, 7) is 3.94. The molecule has 0 bridgehead atoms. The van der Waals surface area contributed by atoms with Crippen LogP contribution in [0, 0.1) is 5.82 Å². The second-order valence-electron chi connectivity index (χ2n) is 7.56. The molecule has 0 radical (unpaired) electrons. The van der Waals surface area contributed by atoms with Gasteiger partial charge in [-0.3, -0.25) is 4.79 Å². The number of para-hydroxylation sites is 1. The molecular formula is C23H21FN6O4S. The number of phenols is 1. The summed E-state index contributed by atoms with van der Waals surface area (Å²) in [7, 11) is 0. The summed E-state index contributed by atoms with van der Waals surface area (Å²) in [5.41, 5.74) is 7.76. The van der Waals surface area contributed by atoms with Gasteiger partial charge in [0.15, 0.2) is 28.3 Å². The highest BCUT2D eigenvalue weighted by molar-refractivity contribution is 7.79. The van der Waals surface area contributed by atoms with E-state index >= 15 is 0 Å². The van der Waals surface area contributed by atoms with E-state index in [0.29, 0.717) is 28.0 Å². The number of halogens is 1. The number of aromatic nitrogens is 4. The van der Waals surface area contributed by atoms with Crippen LogP contribution in [-0.2, 0) is 22.4 Å². The highest BCUT2D eigenvalue weighted by atomic mass is 32.2. The van der Waals surface area contributed by atoms with E-state index in [2.05, 4.69) is 21.6 Å². The molecule has 4 N–H and O–H groups in total. The Morgan fingerprint density at radius 3 is 2.63 bits per heavy atom. The molecule has 2 aromatic heterocycles. The SMILES string of the molecule is C=C(CS(=O)O)C(=O)N(CCn1nc(-c2ccc(F)c(O)c2)c2c(N)ncnc21)c1ccccc1. The monoisotopic (exact) mass is 496 g/mol. The zero-order chi connectivity index (χ0) is 25.1. The van der Waals surface area contributed by atoms with Crippen molar-refractivity contribution in [3.63, 3.8) is 0 Å². The molecule has 0 spiro atoms. The number of benzene rings is 2. The number of amides is 1. The second kappa shape index (κ2) is 9.99. The number of anilines is 2. The molecule has 12 heteroatoms. The van der Waals surface area contributed by atoms with Gasteiger partial charge in [-0.1, -0.05) is 24.8 Å². The molecule has 0 aliphatic carbocycles. The fourth-order valence-corrected chi connectivity index (χ4v) is 4.02. The number of hydrogen-bond acceptors (Lipinski definition) is 7. The average Bonchev–Trinajstić information content (AvgIpc) is 3.21. The van der Waals surface area contributed by atoms with Crippen LogP contribution in [0.3, 0.4) is 0 Å². The highest BCUT2D eigenvalue weighted by Crippen LogP contribution is 2.32. The molecule has 0 aliphatic rings. The number of nitrogens with two attached hydrogens (primary N) is 1. The second-order valence-corrected chi connectivity index (χ2v) is 8.49. The van der Waals surface area contributed by atoms with Crippen molar-refractivity contribution in [1.82, 2.24) is 19.7 Å². The molecule has 180 valence electrons. The van der Waals surface area contributed by atoms with Gasteiger partial charge in [0.1, 0.15) is 17.8 Å². The molecule has 1 amide bonds. The van der Waals surface area contributed by atoms with Gasteiger partial charge in [0.25, 0.3) is 5.91 Å². The van der Waals surface area contributed by atoms with Crippen LogP contribution in [0.15, 0.2) is 67.0 Å². The Bertz CT molecular complexity index is 1440. The number of rotatable bonds is 8. The van der Waals surface area contributed by atoms with E-state index in [1.54, 1.807) is 30.3 Å². The normalized spacial score (nSPS) is 11.9. The molecule has 2 aromatic carbocycles. The summed E-state index contributed by atoms with van der Waals surface area (Å²) in [4.78, 5) is 22.8. The van der Waals surface area contributed by atoms with Crippen LogP contribution >= 0.6 is 0 Å². The van der Waals surface area contributed by atoms with Gasteiger partial charge in [0.2, 0.25) is 0 Å². The maximum atomic E-state index is 13.6. The van der Waals surface area contributed by atoms with E-state index in [-0.39, 0.29) is 30.2 Å². The third-order valence-corrected chi connectivity index (χ3v) is 5.82. The van der Waals surface area contributed by atoms with Gasteiger partial charge in [-0.2, -0.15) is 5.10 Å². The van der Waals surface area contributed by atoms with Gasteiger partial charge >= 0.3 is 0 Å². The minimum atomic E-state index is -2.21. The zero-order valence-corrected chi connectivity index (χ0v) is 19.2. The number of aromatic hydroxyl groups is 1. The number of phenolic OH excluding ortho intramolecular Hbond substituents is 1. The Hall–Kier alpha value is -4.16. The van der Waals surface area contributed by atoms with Crippen molar-refractivity contribution in [3.8, 4) is 17.0 Å². The molecule has 10 nitrogen and oxygen atoms in total. The first kappa shape index (κ1) is 24.0. The number of nitrogen functional groups attached to an aromatic ring is 1. The Morgan fingerprint density at radius 2 is 1.94 bits per heavy atom. The first-order valence-corrected chi connectivity index (χ1v) is 11.6. The lowest BCUT2D eigenvalue weighted by Gasteiger charge is -2.23. The van der Waals surface area contributed by atoms with E-state index in [9.17, 15) is 23.1 Å². The van der Waals surface area contributed by atoms with E-state index in [4.69, 9.17) is 5.73 Å². The largest absolute Gasteiger partial charge is 0.505 e. The molecule has 2 heterocycles. The van der Waals surface area contributed by atoms with Crippen LogP contribution in [0.1, 0.15) is 0 Å². The molecule has 4 rings (SSSR count). The predicted octanol–water partition coefficient (Wildman–Crippen LogP) is 2.73. The zero-order valence-electron chi connectivity index (χ0n) is 18.3. The molecular weight excluding hydrogens is 475 g/mol. The maximum absolute atomic E-state index is 13.6. The van der Waals surface area contributed by atoms with Crippen molar-refractivity contribution < 1.29 is 23.1 Å². The number of carbonyl (C=O) groups excluding carboxylic acids is 1.